The maximum absolute atomic E-state index is 12.7. The van der Waals surface area contributed by atoms with Gasteiger partial charge in [0.1, 0.15) is 12.4 Å². The number of rotatable bonds is 3. The van der Waals surface area contributed by atoms with Crippen molar-refractivity contribution in [3.05, 3.63) is 37.2 Å². The van der Waals surface area contributed by atoms with E-state index < -0.39 is 0 Å². The van der Waals surface area contributed by atoms with E-state index >= 15 is 0 Å². The van der Waals surface area contributed by atoms with Crippen molar-refractivity contribution in [2.75, 3.05) is 13.2 Å². The largest absolute Gasteiger partial charge is 0.491 e. The zero-order valence-electron chi connectivity index (χ0n) is 12.8. The number of aliphatic hydroxyl groups excluding tert-OH is 1. The summed E-state index contributed by atoms with van der Waals surface area (Å²) in [7, 11) is 0. The summed E-state index contributed by atoms with van der Waals surface area (Å²) in [6.07, 6.45) is 3.84. The molecule has 0 saturated carbocycles. The lowest BCUT2D eigenvalue weighted by Gasteiger charge is -2.12. The van der Waals surface area contributed by atoms with Crippen LogP contribution in [-0.4, -0.2) is 18.3 Å². The number of hydrogen-bond donors (Lipinski definition) is 1. The summed E-state index contributed by atoms with van der Waals surface area (Å²) in [5.41, 5.74) is 2.12. The molecule has 112 valence electrons. The zero-order chi connectivity index (χ0) is 15.6. The van der Waals surface area contributed by atoms with Crippen LogP contribution in [0.15, 0.2) is 10.9 Å². The van der Waals surface area contributed by atoms with E-state index in [-0.39, 0.29) is 18.6 Å². The molecule has 21 heavy (non-hydrogen) atoms. The summed E-state index contributed by atoms with van der Waals surface area (Å²) in [6, 6.07) is 1.80. The predicted molar refractivity (Wildman–Crippen MR) is 89.7 cm³/mol. The molecule has 0 amide bonds. The third-order valence-electron chi connectivity index (χ3n) is 3.66. The average Bonchev–Trinajstić information content (AvgIpc) is 2.49. The second kappa shape index (κ2) is 6.41. The van der Waals surface area contributed by atoms with Gasteiger partial charge in [0, 0.05) is 19.8 Å². The molecule has 1 aromatic carbocycles. The van der Waals surface area contributed by atoms with Crippen molar-refractivity contribution in [1.29, 1.82) is 0 Å². The van der Waals surface area contributed by atoms with Crippen LogP contribution in [0.2, 0.25) is 0 Å². The van der Waals surface area contributed by atoms with E-state index in [0.717, 1.165) is 25.6 Å². The fourth-order valence-corrected chi connectivity index (χ4v) is 3.60. The topological polar surface area (TPSA) is 46.5 Å². The number of hydrogen-bond acceptors (Lipinski definition) is 4. The molecule has 1 N–H and O–H groups in total. The molecule has 4 heteroatoms. The van der Waals surface area contributed by atoms with E-state index in [9.17, 15) is 4.79 Å². The molecule has 0 atom stereocenters. The minimum Gasteiger partial charge on any atom is -0.491 e. The Labute approximate surface area is 127 Å². The van der Waals surface area contributed by atoms with Crippen molar-refractivity contribution in [2.45, 2.75) is 27.7 Å². The van der Waals surface area contributed by atoms with E-state index in [2.05, 4.69) is 0 Å². The predicted octanol–water partition coefficient (Wildman–Crippen LogP) is 1.85. The average molecular weight is 304 g/mol. The molecule has 1 aromatic heterocycles. The Bertz CT molecular complexity index is 847. The van der Waals surface area contributed by atoms with Crippen LogP contribution in [0.1, 0.15) is 25.0 Å². The molecule has 0 aliphatic rings. The van der Waals surface area contributed by atoms with Gasteiger partial charge in [-0.25, -0.2) is 0 Å². The van der Waals surface area contributed by atoms with Crippen LogP contribution in [-0.2, 0) is 0 Å². The third kappa shape index (κ3) is 2.74. The highest BCUT2D eigenvalue weighted by Gasteiger charge is 2.12. The molecule has 2 rings (SSSR count). The van der Waals surface area contributed by atoms with Gasteiger partial charge >= 0.3 is 0 Å². The first kappa shape index (κ1) is 15.7. The van der Waals surface area contributed by atoms with Crippen LogP contribution in [0.4, 0.5) is 0 Å². The molecule has 0 aliphatic heterocycles. The van der Waals surface area contributed by atoms with Gasteiger partial charge in [-0.1, -0.05) is 12.2 Å². The second-order valence-electron chi connectivity index (χ2n) is 4.86. The van der Waals surface area contributed by atoms with Gasteiger partial charge in [-0.05, 0) is 44.9 Å². The molecule has 1 heterocycles. The van der Waals surface area contributed by atoms with Crippen molar-refractivity contribution >= 4 is 33.6 Å². The molecule has 0 aliphatic carbocycles. The van der Waals surface area contributed by atoms with Gasteiger partial charge in [-0.2, -0.15) is 0 Å². The Morgan fingerprint density at radius 1 is 1.24 bits per heavy atom. The van der Waals surface area contributed by atoms with E-state index in [1.165, 1.54) is 0 Å². The summed E-state index contributed by atoms with van der Waals surface area (Å²) >= 11 is 1.63. The summed E-state index contributed by atoms with van der Waals surface area (Å²) in [4.78, 5) is 12.7. The first-order valence-corrected chi connectivity index (χ1v) is 7.80. The van der Waals surface area contributed by atoms with Crippen LogP contribution in [0, 0.1) is 13.8 Å². The van der Waals surface area contributed by atoms with E-state index in [1.54, 1.807) is 17.4 Å². The quantitative estimate of drug-likeness (QED) is 0.941. The Morgan fingerprint density at radius 2 is 1.95 bits per heavy atom. The third-order valence-corrected chi connectivity index (χ3v) is 5.06. The zero-order valence-corrected chi connectivity index (χ0v) is 13.6. The molecule has 0 spiro atoms. The Morgan fingerprint density at radius 3 is 2.52 bits per heavy atom. The summed E-state index contributed by atoms with van der Waals surface area (Å²) < 4.78 is 7.57. The molecule has 0 saturated heterocycles. The lowest BCUT2D eigenvalue weighted by molar-refractivity contribution is 0.200. The van der Waals surface area contributed by atoms with Crippen LogP contribution in [0.3, 0.4) is 0 Å². The fourth-order valence-electron chi connectivity index (χ4n) is 2.38. The van der Waals surface area contributed by atoms with Crippen LogP contribution in [0.5, 0.6) is 5.75 Å². The van der Waals surface area contributed by atoms with Crippen LogP contribution in [0.25, 0.3) is 22.2 Å². The first-order chi connectivity index (χ1) is 10.0. The molecule has 2 aromatic rings. The summed E-state index contributed by atoms with van der Waals surface area (Å²) in [5, 5.41) is 10.3. The van der Waals surface area contributed by atoms with Gasteiger partial charge in [0.05, 0.1) is 6.61 Å². The lowest BCUT2D eigenvalue weighted by Crippen LogP contribution is -2.36. The van der Waals surface area contributed by atoms with E-state index in [4.69, 9.17) is 9.84 Å². The highest BCUT2D eigenvalue weighted by molar-refractivity contribution is 7.16. The number of ether oxygens (including phenoxy) is 1. The molecule has 0 bridgehead atoms. The number of fused-ring (bicyclic) bond motifs is 1. The minimum absolute atomic E-state index is 0.0382. The van der Waals surface area contributed by atoms with Gasteiger partial charge in [0.2, 0.25) is 0 Å². The molecule has 0 unspecified atom stereocenters. The number of aryl methyl sites for hydroxylation is 1. The highest BCUT2D eigenvalue weighted by Crippen LogP contribution is 2.29. The van der Waals surface area contributed by atoms with Crippen molar-refractivity contribution < 1.29 is 9.84 Å². The maximum Gasteiger partial charge on any atom is 0.195 e. The smallest absolute Gasteiger partial charge is 0.195 e. The molecular weight excluding hydrogens is 284 g/mol. The van der Waals surface area contributed by atoms with Crippen LogP contribution < -0.4 is 19.9 Å². The minimum atomic E-state index is -0.0406. The Hall–Kier alpha value is -1.65. The standard InChI is InChI=1S/C17H20O3S/c1-5-12-15(6-2)21-17-11(4)10(3)14(20-8-7-18)9-13(17)16(12)19/h5-6,9,18H,7-8H2,1-4H3/b12-5+,15-6+. The fraction of sp³-hybridized carbons (Fsp3) is 0.353. The van der Waals surface area contributed by atoms with Gasteiger partial charge < -0.3 is 9.84 Å². The first-order valence-electron chi connectivity index (χ1n) is 6.98. The van der Waals surface area contributed by atoms with Gasteiger partial charge in [-0.3, -0.25) is 4.79 Å². The van der Waals surface area contributed by atoms with E-state index in [0.29, 0.717) is 11.1 Å². The monoisotopic (exact) mass is 304 g/mol. The summed E-state index contributed by atoms with van der Waals surface area (Å²) in [6.45, 7) is 8.01. The Balaban J connectivity index is 2.93. The number of aliphatic hydroxyl groups is 1. The molecular formula is C17H20O3S. The van der Waals surface area contributed by atoms with Gasteiger partial charge in [0.15, 0.2) is 5.43 Å². The SMILES string of the molecule is C/C=c1/c(=O)c2cc(OCCO)c(C)c(C)c2s/c1=C/C. The second-order valence-corrected chi connectivity index (χ2v) is 5.91. The highest BCUT2D eigenvalue weighted by atomic mass is 32.1. The van der Waals surface area contributed by atoms with Crippen molar-refractivity contribution in [3.63, 3.8) is 0 Å². The molecule has 0 radical (unpaired) electrons. The van der Waals surface area contributed by atoms with Crippen molar-refractivity contribution in [2.24, 2.45) is 0 Å². The molecule has 0 fully saturated rings. The van der Waals surface area contributed by atoms with Crippen LogP contribution >= 0.6 is 11.3 Å². The summed E-state index contributed by atoms with van der Waals surface area (Å²) in [5.74, 6) is 0.675. The lowest BCUT2D eigenvalue weighted by atomic mass is 10.1. The number of benzene rings is 1. The van der Waals surface area contributed by atoms with E-state index in [1.807, 2.05) is 39.8 Å². The molecule has 3 nitrogen and oxygen atoms in total. The van der Waals surface area contributed by atoms with Gasteiger partial charge in [-0.15, -0.1) is 11.3 Å². The maximum atomic E-state index is 12.7. The van der Waals surface area contributed by atoms with Crippen molar-refractivity contribution in [1.82, 2.24) is 0 Å². The Kier molecular flexibility index (Phi) is 4.80. The normalized spacial score (nSPS) is 13.2. The van der Waals surface area contributed by atoms with Crippen molar-refractivity contribution in [3.8, 4) is 5.75 Å². The van der Waals surface area contributed by atoms with Gasteiger partial charge in [0.25, 0.3) is 0 Å².